The number of carbonyl (C=O) groups is 1. The Morgan fingerprint density at radius 2 is 1.84 bits per heavy atom. The molecule has 0 saturated heterocycles. The van der Waals surface area contributed by atoms with Gasteiger partial charge in [-0.05, 0) is 30.3 Å². The number of carbonyl (C=O) groups excluding carboxylic acids is 1. The lowest BCUT2D eigenvalue weighted by Gasteiger charge is -2.15. The van der Waals surface area contributed by atoms with E-state index in [9.17, 15) is 18.0 Å². The number of hydrogen-bond acceptors (Lipinski definition) is 1. The number of nitrogens with one attached hydrogen (secondary N) is 2. The summed E-state index contributed by atoms with van der Waals surface area (Å²) in [6, 6.07) is 9.74. The summed E-state index contributed by atoms with van der Waals surface area (Å²) in [5.41, 5.74) is 0.211. The van der Waals surface area contributed by atoms with Gasteiger partial charge in [-0.1, -0.05) is 35.3 Å². The van der Waals surface area contributed by atoms with Crippen LogP contribution in [-0.4, -0.2) is 19.5 Å². The van der Waals surface area contributed by atoms with E-state index in [4.69, 9.17) is 23.2 Å². The van der Waals surface area contributed by atoms with E-state index in [-0.39, 0.29) is 18.1 Å². The molecule has 134 valence electrons. The molecule has 2 rings (SSSR count). The molecular formula is C17H16Cl2F3N2O+. The number of rotatable bonds is 5. The summed E-state index contributed by atoms with van der Waals surface area (Å²) >= 11 is 11.8. The molecule has 2 aromatic rings. The lowest BCUT2D eigenvalue weighted by molar-refractivity contribution is -0.885. The molecule has 0 spiro atoms. The Morgan fingerprint density at radius 1 is 1.12 bits per heavy atom. The number of likely N-dealkylation sites (N-methyl/N-ethyl adjacent to an activating group) is 1. The number of anilines is 1. The molecule has 1 atom stereocenters. The van der Waals surface area contributed by atoms with E-state index in [0.29, 0.717) is 16.6 Å². The van der Waals surface area contributed by atoms with Crippen molar-refractivity contribution in [2.45, 2.75) is 12.7 Å². The van der Waals surface area contributed by atoms with Crippen molar-refractivity contribution in [2.24, 2.45) is 0 Å². The summed E-state index contributed by atoms with van der Waals surface area (Å²) in [5, 5.41) is 3.36. The highest BCUT2D eigenvalue weighted by molar-refractivity contribution is 6.42. The van der Waals surface area contributed by atoms with Crippen LogP contribution >= 0.6 is 23.2 Å². The third-order valence-corrected chi connectivity index (χ3v) is 4.16. The fraction of sp³-hybridized carbons (Fsp3) is 0.235. The fourth-order valence-corrected chi connectivity index (χ4v) is 2.63. The van der Waals surface area contributed by atoms with Crippen molar-refractivity contribution in [3.05, 3.63) is 63.6 Å². The molecule has 0 aliphatic carbocycles. The second kappa shape index (κ2) is 8.08. The molecule has 2 N–H and O–H groups in total. The zero-order valence-corrected chi connectivity index (χ0v) is 14.8. The second-order valence-corrected chi connectivity index (χ2v) is 6.50. The third kappa shape index (κ3) is 5.92. The first kappa shape index (κ1) is 19.6. The molecule has 0 heterocycles. The Kier molecular flexibility index (Phi) is 6.32. The van der Waals surface area contributed by atoms with Crippen molar-refractivity contribution in [3.8, 4) is 0 Å². The number of amides is 1. The highest BCUT2D eigenvalue weighted by Crippen LogP contribution is 2.30. The average molecular weight is 392 g/mol. The average Bonchev–Trinajstić information content (AvgIpc) is 2.50. The molecule has 1 amide bonds. The maximum absolute atomic E-state index is 12.7. The van der Waals surface area contributed by atoms with Gasteiger partial charge < -0.3 is 10.2 Å². The molecule has 8 heteroatoms. The topological polar surface area (TPSA) is 33.5 Å². The highest BCUT2D eigenvalue weighted by Gasteiger charge is 2.30. The van der Waals surface area contributed by atoms with Gasteiger partial charge in [-0.25, -0.2) is 0 Å². The molecule has 0 radical (unpaired) electrons. The van der Waals surface area contributed by atoms with Crippen LogP contribution in [0.15, 0.2) is 42.5 Å². The van der Waals surface area contributed by atoms with Crippen LogP contribution in [0.5, 0.6) is 0 Å². The molecule has 1 unspecified atom stereocenters. The second-order valence-electron chi connectivity index (χ2n) is 5.69. The van der Waals surface area contributed by atoms with Crippen molar-refractivity contribution in [1.29, 1.82) is 0 Å². The van der Waals surface area contributed by atoms with Gasteiger partial charge >= 0.3 is 6.18 Å². The monoisotopic (exact) mass is 391 g/mol. The molecule has 0 saturated carbocycles. The largest absolute Gasteiger partial charge is 0.416 e. The lowest BCUT2D eigenvalue weighted by Crippen LogP contribution is -3.08. The molecule has 25 heavy (non-hydrogen) atoms. The third-order valence-electron chi connectivity index (χ3n) is 3.43. The first-order valence-electron chi connectivity index (χ1n) is 7.37. The lowest BCUT2D eigenvalue weighted by atomic mass is 10.2. The van der Waals surface area contributed by atoms with Crippen LogP contribution in [0.25, 0.3) is 0 Å². The molecule has 0 aliphatic rings. The van der Waals surface area contributed by atoms with Gasteiger partial charge in [0, 0.05) is 11.3 Å². The van der Waals surface area contributed by atoms with Crippen molar-refractivity contribution in [3.63, 3.8) is 0 Å². The van der Waals surface area contributed by atoms with E-state index in [1.165, 1.54) is 12.1 Å². The van der Waals surface area contributed by atoms with Gasteiger partial charge in [0.25, 0.3) is 5.91 Å². The Labute approximate surface area is 153 Å². The maximum atomic E-state index is 12.7. The Hall–Kier alpha value is -1.76. The van der Waals surface area contributed by atoms with Gasteiger partial charge in [-0.2, -0.15) is 13.2 Å². The molecule has 3 nitrogen and oxygen atoms in total. The highest BCUT2D eigenvalue weighted by atomic mass is 35.5. The van der Waals surface area contributed by atoms with E-state index in [2.05, 4.69) is 5.32 Å². The zero-order chi connectivity index (χ0) is 18.6. The van der Waals surface area contributed by atoms with E-state index >= 15 is 0 Å². The summed E-state index contributed by atoms with van der Waals surface area (Å²) in [6.07, 6.45) is -4.45. The van der Waals surface area contributed by atoms with Gasteiger partial charge in [-0.3, -0.25) is 4.79 Å². The summed E-state index contributed by atoms with van der Waals surface area (Å²) in [4.78, 5) is 12.9. The van der Waals surface area contributed by atoms with Crippen molar-refractivity contribution >= 4 is 34.8 Å². The predicted octanol–water partition coefficient (Wildman–Crippen LogP) is 3.67. The van der Waals surface area contributed by atoms with Crippen LogP contribution in [0.3, 0.4) is 0 Å². The van der Waals surface area contributed by atoms with Crippen LogP contribution < -0.4 is 10.2 Å². The fourth-order valence-electron chi connectivity index (χ4n) is 2.31. The van der Waals surface area contributed by atoms with Gasteiger partial charge in [0.2, 0.25) is 0 Å². The smallest absolute Gasteiger partial charge is 0.326 e. The van der Waals surface area contributed by atoms with Gasteiger partial charge in [0.05, 0.1) is 22.7 Å². The van der Waals surface area contributed by atoms with Crippen LogP contribution in [0.2, 0.25) is 10.0 Å². The van der Waals surface area contributed by atoms with Crippen LogP contribution in [0.4, 0.5) is 18.9 Å². The van der Waals surface area contributed by atoms with Crippen molar-refractivity contribution < 1.29 is 22.9 Å². The summed E-state index contributed by atoms with van der Waals surface area (Å²) < 4.78 is 38.0. The minimum Gasteiger partial charge on any atom is -0.326 e. The number of hydrogen-bond donors (Lipinski definition) is 2. The molecule has 0 fully saturated rings. The molecule has 0 aliphatic heterocycles. The van der Waals surface area contributed by atoms with E-state index in [1.807, 2.05) is 6.07 Å². The standard InChI is InChI=1S/C17H15Cl2F3N2O/c1-24(9-11-5-6-14(18)15(19)7-11)10-16(25)23-13-4-2-3-12(8-13)17(20,21)22/h2-8H,9-10H2,1H3,(H,23,25)/p+1. The van der Waals surface area contributed by atoms with E-state index < -0.39 is 11.7 Å². The summed E-state index contributed by atoms with van der Waals surface area (Å²) in [5.74, 6) is -0.378. The number of quaternary nitrogens is 1. The Balaban J connectivity index is 1.94. The van der Waals surface area contributed by atoms with Gasteiger partial charge in [-0.15, -0.1) is 0 Å². The summed E-state index contributed by atoms with van der Waals surface area (Å²) in [7, 11) is 1.80. The van der Waals surface area contributed by atoms with Gasteiger partial charge in [0.15, 0.2) is 6.54 Å². The Bertz CT molecular complexity index is 766. The van der Waals surface area contributed by atoms with E-state index in [0.717, 1.165) is 22.6 Å². The first-order chi connectivity index (χ1) is 11.6. The molecule has 2 aromatic carbocycles. The van der Waals surface area contributed by atoms with Crippen molar-refractivity contribution in [2.75, 3.05) is 18.9 Å². The number of halogens is 5. The predicted molar refractivity (Wildman–Crippen MR) is 92.0 cm³/mol. The van der Waals surface area contributed by atoms with E-state index in [1.54, 1.807) is 19.2 Å². The SMILES string of the molecule is C[NH+](CC(=O)Nc1cccc(C(F)(F)F)c1)Cc1ccc(Cl)c(Cl)c1. The van der Waals surface area contributed by atoms with Crippen molar-refractivity contribution in [1.82, 2.24) is 0 Å². The Morgan fingerprint density at radius 3 is 2.48 bits per heavy atom. The normalized spacial score (nSPS) is 12.7. The minimum absolute atomic E-state index is 0.0937. The molecule has 0 bridgehead atoms. The van der Waals surface area contributed by atoms with Gasteiger partial charge in [0.1, 0.15) is 6.54 Å². The molecule has 0 aromatic heterocycles. The van der Waals surface area contributed by atoms with Crippen LogP contribution in [0.1, 0.15) is 11.1 Å². The number of benzene rings is 2. The van der Waals surface area contributed by atoms with Crippen LogP contribution in [-0.2, 0) is 17.5 Å². The maximum Gasteiger partial charge on any atom is 0.416 e. The first-order valence-corrected chi connectivity index (χ1v) is 8.13. The minimum atomic E-state index is -4.45. The zero-order valence-electron chi connectivity index (χ0n) is 13.3. The number of alkyl halides is 3. The quantitative estimate of drug-likeness (QED) is 0.800. The molecular weight excluding hydrogens is 376 g/mol. The summed E-state index contributed by atoms with van der Waals surface area (Å²) in [6.45, 7) is 0.614. The van der Waals surface area contributed by atoms with Crippen LogP contribution in [0, 0.1) is 0 Å².